The molecule has 2 aromatic rings. The second-order valence-electron chi connectivity index (χ2n) is 7.40. The van der Waals surface area contributed by atoms with Crippen molar-refractivity contribution in [3.05, 3.63) is 58.8 Å². The van der Waals surface area contributed by atoms with Gasteiger partial charge in [0.15, 0.2) is 12.4 Å². The molecule has 6 heteroatoms. The Morgan fingerprint density at radius 2 is 2.00 bits per heavy atom. The predicted octanol–water partition coefficient (Wildman–Crippen LogP) is 2.43. The molecule has 1 N–H and O–H groups in total. The van der Waals surface area contributed by atoms with Gasteiger partial charge in [0.1, 0.15) is 12.3 Å². The summed E-state index contributed by atoms with van der Waals surface area (Å²) >= 11 is 0. The van der Waals surface area contributed by atoms with Crippen LogP contribution in [0.4, 0.5) is 11.4 Å². The molecule has 0 aliphatic carbocycles. The van der Waals surface area contributed by atoms with E-state index in [1.165, 1.54) is 12.0 Å². The number of hydroxylamine groups is 2. The number of benzene rings is 2. The number of anilines is 1. The fourth-order valence-electron chi connectivity index (χ4n) is 4.17. The lowest BCUT2D eigenvalue weighted by atomic mass is 9.89. The number of likely N-dealkylation sites (N-methyl/N-ethyl adjacent to an activating group) is 1. The van der Waals surface area contributed by atoms with Crippen LogP contribution in [-0.4, -0.2) is 38.8 Å². The number of methoxy groups -OCH3 is 1. The van der Waals surface area contributed by atoms with Crippen LogP contribution >= 0.6 is 0 Å². The third-order valence-corrected chi connectivity index (χ3v) is 5.50. The molecular formula is C21H27N3O3. The fraction of sp³-hybridized carbons (Fsp3) is 0.429. The van der Waals surface area contributed by atoms with Crippen LogP contribution in [0.25, 0.3) is 0 Å². The van der Waals surface area contributed by atoms with Crippen molar-refractivity contribution in [2.45, 2.75) is 25.4 Å². The summed E-state index contributed by atoms with van der Waals surface area (Å²) < 4.78 is 5.49. The lowest BCUT2D eigenvalue weighted by Crippen LogP contribution is -3.01. The molecule has 6 nitrogen and oxygen atoms in total. The highest BCUT2D eigenvalue weighted by atomic mass is 16.7. The Morgan fingerprint density at radius 3 is 2.74 bits per heavy atom. The number of rotatable bonds is 5. The van der Waals surface area contributed by atoms with Gasteiger partial charge in [0.05, 0.1) is 7.11 Å². The molecule has 2 heterocycles. The molecule has 1 saturated heterocycles. The maximum Gasteiger partial charge on any atom is 0.201 e. The van der Waals surface area contributed by atoms with Crippen LogP contribution in [0.5, 0.6) is 5.75 Å². The molecule has 144 valence electrons. The Hall–Kier alpha value is -2.12. The molecule has 0 aromatic heterocycles. The second-order valence-corrected chi connectivity index (χ2v) is 7.40. The van der Waals surface area contributed by atoms with Gasteiger partial charge in [-0.3, -0.25) is 4.84 Å². The van der Waals surface area contributed by atoms with Gasteiger partial charge in [-0.1, -0.05) is 36.4 Å². The summed E-state index contributed by atoms with van der Waals surface area (Å²) in [5.41, 5.74) is 3.84. The molecule has 1 fully saturated rings. The zero-order valence-electron chi connectivity index (χ0n) is 16.0. The maximum atomic E-state index is 12.8. The number of likely N-dealkylation sites (tertiary alicyclic amines) is 1. The number of fused-ring (bicyclic) bond motifs is 1. The Morgan fingerprint density at radius 1 is 1.19 bits per heavy atom. The van der Waals surface area contributed by atoms with E-state index in [4.69, 9.17) is 9.57 Å². The minimum absolute atomic E-state index is 0.0564. The van der Waals surface area contributed by atoms with Crippen LogP contribution in [-0.2, 0) is 11.4 Å². The van der Waals surface area contributed by atoms with Crippen LogP contribution in [0, 0.1) is 5.21 Å². The smallest absolute Gasteiger partial charge is 0.201 e. The Balaban J connectivity index is 1.66. The highest BCUT2D eigenvalue weighted by Gasteiger charge is 2.36. The summed E-state index contributed by atoms with van der Waals surface area (Å²) in [6.07, 6.45) is 2.30. The molecule has 2 aliphatic heterocycles. The van der Waals surface area contributed by atoms with Crippen LogP contribution in [0.2, 0.25) is 0 Å². The van der Waals surface area contributed by atoms with Gasteiger partial charge < -0.3 is 19.9 Å². The van der Waals surface area contributed by atoms with Crippen molar-refractivity contribution in [3.8, 4) is 5.75 Å². The van der Waals surface area contributed by atoms with Gasteiger partial charge in [-0.15, -0.1) is 0 Å². The molecule has 0 saturated carbocycles. The van der Waals surface area contributed by atoms with Gasteiger partial charge in [0.2, 0.25) is 5.69 Å². The second kappa shape index (κ2) is 7.86. The van der Waals surface area contributed by atoms with E-state index in [1.54, 1.807) is 12.2 Å². The minimum Gasteiger partial charge on any atom is -0.627 e. The number of hydrogen-bond acceptors (Lipinski definition) is 5. The van der Waals surface area contributed by atoms with Crippen molar-refractivity contribution in [3.63, 3.8) is 0 Å². The standard InChI is InChI=1S/C21H27N3O3/c1-22-12-6-9-17(13-22)18-10-11-19(26-2)21-20(18)24(15-23(21)25)27-14-16-7-4-3-5-8-16/h3-5,7-8,10-11,17,23H,6,9,12-15H2,1-2H3. The van der Waals surface area contributed by atoms with Crippen LogP contribution in [0.3, 0.4) is 0 Å². The summed E-state index contributed by atoms with van der Waals surface area (Å²) in [6.45, 7) is 2.80. The lowest BCUT2D eigenvalue weighted by molar-refractivity contribution is -0.771. The first-order valence-electron chi connectivity index (χ1n) is 9.54. The van der Waals surface area contributed by atoms with Crippen molar-refractivity contribution in [2.75, 3.05) is 39.0 Å². The average molecular weight is 369 g/mol. The first-order chi connectivity index (χ1) is 13.2. The van der Waals surface area contributed by atoms with Gasteiger partial charge in [-0.25, -0.2) is 0 Å². The molecular weight excluding hydrogens is 342 g/mol. The summed E-state index contributed by atoms with van der Waals surface area (Å²) in [7, 11) is 3.77. The summed E-state index contributed by atoms with van der Waals surface area (Å²) in [6, 6.07) is 14.1. The van der Waals surface area contributed by atoms with E-state index in [9.17, 15) is 5.21 Å². The van der Waals surface area contributed by atoms with E-state index >= 15 is 0 Å². The van der Waals surface area contributed by atoms with Crippen molar-refractivity contribution in [1.82, 2.24) is 4.90 Å². The minimum atomic E-state index is 0.0564. The van der Waals surface area contributed by atoms with E-state index in [0.717, 1.165) is 30.8 Å². The molecule has 4 rings (SSSR count). The summed E-state index contributed by atoms with van der Waals surface area (Å²) in [5, 5.41) is 14.6. The topological polar surface area (TPSA) is 52.4 Å². The average Bonchev–Trinajstić information content (AvgIpc) is 3.03. The third-order valence-electron chi connectivity index (χ3n) is 5.50. The van der Waals surface area contributed by atoms with E-state index < -0.39 is 0 Å². The molecule has 2 aromatic carbocycles. The molecule has 2 unspecified atom stereocenters. The Kier molecular flexibility index (Phi) is 5.31. The van der Waals surface area contributed by atoms with Crippen LogP contribution < -0.4 is 14.9 Å². The molecule has 27 heavy (non-hydrogen) atoms. The number of quaternary nitrogens is 1. The molecule has 0 spiro atoms. The largest absolute Gasteiger partial charge is 0.627 e. The quantitative estimate of drug-likeness (QED) is 0.821. The zero-order chi connectivity index (χ0) is 18.8. The fourth-order valence-corrected chi connectivity index (χ4v) is 4.17. The SMILES string of the molecule is COc1ccc(C2CCCN(C)C2)c2c1[NH+]([O-])CN2OCc1ccccc1. The van der Waals surface area contributed by atoms with Gasteiger partial charge >= 0.3 is 0 Å². The Labute approximate surface area is 160 Å². The summed E-state index contributed by atoms with van der Waals surface area (Å²) in [4.78, 5) is 8.44. The lowest BCUT2D eigenvalue weighted by Gasteiger charge is -2.31. The van der Waals surface area contributed by atoms with Gasteiger partial charge in [-0.05, 0) is 49.5 Å². The first-order valence-corrected chi connectivity index (χ1v) is 9.54. The summed E-state index contributed by atoms with van der Waals surface area (Å²) in [5.74, 6) is 1.03. The van der Waals surface area contributed by atoms with E-state index in [0.29, 0.717) is 24.0 Å². The number of nitrogens with zero attached hydrogens (tertiary/aromatic N) is 2. The van der Waals surface area contributed by atoms with Gasteiger partial charge in [-0.2, -0.15) is 5.06 Å². The molecule has 2 atom stereocenters. The van der Waals surface area contributed by atoms with Crippen molar-refractivity contribution >= 4 is 11.4 Å². The maximum absolute atomic E-state index is 12.8. The molecule has 0 radical (unpaired) electrons. The van der Waals surface area contributed by atoms with Crippen LogP contribution in [0.1, 0.15) is 29.9 Å². The van der Waals surface area contributed by atoms with Crippen molar-refractivity contribution in [1.29, 1.82) is 0 Å². The Bertz CT molecular complexity index is 784. The third kappa shape index (κ3) is 3.66. The highest BCUT2D eigenvalue weighted by Crippen LogP contribution is 2.43. The highest BCUT2D eigenvalue weighted by molar-refractivity contribution is 5.75. The monoisotopic (exact) mass is 369 g/mol. The number of ether oxygens (including phenoxy) is 1. The van der Waals surface area contributed by atoms with Crippen molar-refractivity contribution in [2.24, 2.45) is 0 Å². The molecule has 0 bridgehead atoms. The number of hydrogen-bond donors (Lipinski definition) is 1. The number of piperidine rings is 1. The van der Waals surface area contributed by atoms with Crippen LogP contribution in [0.15, 0.2) is 42.5 Å². The number of nitrogens with one attached hydrogen (secondary N) is 1. The molecule has 0 amide bonds. The van der Waals surface area contributed by atoms with E-state index in [-0.39, 0.29) is 11.7 Å². The van der Waals surface area contributed by atoms with Gasteiger partial charge in [0, 0.05) is 6.54 Å². The molecule has 2 aliphatic rings. The first kappa shape index (κ1) is 18.3. The predicted molar refractivity (Wildman–Crippen MR) is 105 cm³/mol. The van der Waals surface area contributed by atoms with E-state index in [2.05, 4.69) is 18.0 Å². The zero-order valence-corrected chi connectivity index (χ0v) is 16.0. The van der Waals surface area contributed by atoms with E-state index in [1.807, 2.05) is 36.4 Å². The normalized spacial score (nSPS) is 22.7. The van der Waals surface area contributed by atoms with Gasteiger partial charge in [0.25, 0.3) is 0 Å². The van der Waals surface area contributed by atoms with Crippen molar-refractivity contribution < 1.29 is 14.6 Å².